The van der Waals surface area contributed by atoms with Crippen molar-refractivity contribution < 1.29 is 0 Å². The lowest BCUT2D eigenvalue weighted by atomic mass is 9.60. The quantitative estimate of drug-likeness (QED) is 0.780. The van der Waals surface area contributed by atoms with Crippen LogP contribution in [0.5, 0.6) is 0 Å². The molecule has 104 valence electrons. The van der Waals surface area contributed by atoms with Crippen molar-refractivity contribution in [1.29, 1.82) is 0 Å². The molecule has 0 amide bonds. The van der Waals surface area contributed by atoms with Crippen molar-refractivity contribution >= 4 is 0 Å². The number of hydrogen-bond donors (Lipinski definition) is 2. The van der Waals surface area contributed by atoms with Crippen molar-refractivity contribution in [2.75, 3.05) is 0 Å². The maximum Gasteiger partial charge on any atom is 0.101 e. The zero-order chi connectivity index (χ0) is 14.6. The lowest BCUT2D eigenvalue weighted by molar-refractivity contribution is 0.178. The molecular weight excluding hydrogens is 244 g/mol. The van der Waals surface area contributed by atoms with Crippen LogP contribution in [0.2, 0.25) is 0 Å². The minimum Gasteiger partial charge on any atom is -0.309 e. The Morgan fingerprint density at radius 3 is 1.75 bits per heavy atom. The lowest BCUT2D eigenvalue weighted by Gasteiger charge is -2.47. The van der Waals surface area contributed by atoms with E-state index in [4.69, 9.17) is 11.5 Å². The molecule has 2 nitrogen and oxygen atoms in total. The van der Waals surface area contributed by atoms with Crippen molar-refractivity contribution in [2.24, 2.45) is 11.5 Å². The Morgan fingerprint density at radius 1 is 0.700 bits per heavy atom. The first kappa shape index (κ1) is 13.3. The number of nitrogens with two attached hydrogens (primary N) is 2. The molecule has 20 heavy (non-hydrogen) atoms. The van der Waals surface area contributed by atoms with Gasteiger partial charge in [-0.3, -0.25) is 0 Å². The zero-order valence-corrected chi connectivity index (χ0v) is 12.4. The molecule has 0 fully saturated rings. The van der Waals surface area contributed by atoms with Gasteiger partial charge in [0.1, 0.15) is 5.66 Å². The first-order valence-corrected chi connectivity index (χ1v) is 7.07. The smallest absolute Gasteiger partial charge is 0.101 e. The molecule has 2 heteroatoms. The second-order valence-corrected chi connectivity index (χ2v) is 6.53. The van der Waals surface area contributed by atoms with Crippen LogP contribution in [0.25, 0.3) is 0 Å². The van der Waals surface area contributed by atoms with Gasteiger partial charge in [-0.05, 0) is 16.7 Å². The molecule has 0 saturated carbocycles. The topological polar surface area (TPSA) is 52.0 Å². The number of fused-ring (bicyclic) bond motifs is 1. The predicted octanol–water partition coefficient (Wildman–Crippen LogP) is 3.01. The third kappa shape index (κ3) is 1.36. The fourth-order valence-electron chi connectivity index (χ4n) is 3.82. The van der Waals surface area contributed by atoms with Gasteiger partial charge in [-0.25, -0.2) is 0 Å². The van der Waals surface area contributed by atoms with Gasteiger partial charge in [0.2, 0.25) is 0 Å². The molecular formula is C18H22N2. The zero-order valence-electron chi connectivity index (χ0n) is 12.4. The predicted molar refractivity (Wildman–Crippen MR) is 83.3 cm³/mol. The Balaban J connectivity index is 2.33. The summed E-state index contributed by atoms with van der Waals surface area (Å²) in [5, 5.41) is 0. The summed E-state index contributed by atoms with van der Waals surface area (Å²) in [6.45, 7) is 6.66. The van der Waals surface area contributed by atoms with Crippen LogP contribution in [-0.4, -0.2) is 0 Å². The molecule has 1 aliphatic carbocycles. The Hall–Kier alpha value is -1.64. The molecule has 0 radical (unpaired) electrons. The second kappa shape index (κ2) is 3.94. The average molecular weight is 266 g/mol. The van der Waals surface area contributed by atoms with E-state index in [2.05, 4.69) is 63.2 Å². The second-order valence-electron chi connectivity index (χ2n) is 6.53. The number of benzene rings is 2. The molecule has 4 N–H and O–H groups in total. The SMILES string of the molecule is CC1(C)c2ccccc2C(N)(N)C1(C)c1ccccc1. The van der Waals surface area contributed by atoms with E-state index in [1.807, 2.05) is 12.1 Å². The summed E-state index contributed by atoms with van der Waals surface area (Å²) in [4.78, 5) is 0. The van der Waals surface area contributed by atoms with Gasteiger partial charge in [-0.15, -0.1) is 0 Å². The van der Waals surface area contributed by atoms with E-state index in [9.17, 15) is 0 Å². The Kier molecular flexibility index (Phi) is 2.63. The van der Waals surface area contributed by atoms with Gasteiger partial charge in [0, 0.05) is 10.8 Å². The number of hydrogen-bond acceptors (Lipinski definition) is 2. The molecule has 2 aromatic carbocycles. The average Bonchev–Trinajstić information content (AvgIpc) is 2.58. The van der Waals surface area contributed by atoms with Gasteiger partial charge in [0.25, 0.3) is 0 Å². The van der Waals surface area contributed by atoms with E-state index in [-0.39, 0.29) is 10.8 Å². The lowest BCUT2D eigenvalue weighted by Crippen LogP contribution is -2.62. The summed E-state index contributed by atoms with van der Waals surface area (Å²) in [6.07, 6.45) is 0. The molecule has 1 unspecified atom stereocenters. The maximum atomic E-state index is 6.65. The van der Waals surface area contributed by atoms with E-state index in [0.717, 1.165) is 5.56 Å². The molecule has 0 saturated heterocycles. The molecule has 1 aliphatic rings. The van der Waals surface area contributed by atoms with Crippen LogP contribution in [0.15, 0.2) is 54.6 Å². The summed E-state index contributed by atoms with van der Waals surface area (Å²) in [7, 11) is 0. The summed E-state index contributed by atoms with van der Waals surface area (Å²) in [5.41, 5.74) is 15.4. The fourth-order valence-corrected chi connectivity index (χ4v) is 3.82. The van der Waals surface area contributed by atoms with Crippen molar-refractivity contribution in [2.45, 2.75) is 37.3 Å². The van der Waals surface area contributed by atoms with Crippen LogP contribution < -0.4 is 11.5 Å². The molecule has 0 aliphatic heterocycles. The molecule has 1 atom stereocenters. The van der Waals surface area contributed by atoms with Crippen molar-refractivity contribution in [3.63, 3.8) is 0 Å². The fraction of sp³-hybridized carbons (Fsp3) is 0.333. The van der Waals surface area contributed by atoms with E-state index in [0.29, 0.717) is 0 Å². The maximum absolute atomic E-state index is 6.65. The van der Waals surface area contributed by atoms with Crippen molar-refractivity contribution in [3.8, 4) is 0 Å². The molecule has 0 spiro atoms. The third-order valence-electron chi connectivity index (χ3n) is 5.47. The van der Waals surface area contributed by atoms with Gasteiger partial charge in [0.05, 0.1) is 0 Å². The summed E-state index contributed by atoms with van der Waals surface area (Å²) in [5.74, 6) is 0. The van der Waals surface area contributed by atoms with E-state index >= 15 is 0 Å². The molecule has 3 rings (SSSR count). The van der Waals surface area contributed by atoms with Crippen LogP contribution in [-0.2, 0) is 16.5 Å². The summed E-state index contributed by atoms with van der Waals surface area (Å²) >= 11 is 0. The highest BCUT2D eigenvalue weighted by Crippen LogP contribution is 2.58. The third-order valence-corrected chi connectivity index (χ3v) is 5.47. The number of rotatable bonds is 1. The summed E-state index contributed by atoms with van der Waals surface area (Å²) in [6, 6.07) is 18.7. The van der Waals surface area contributed by atoms with Crippen LogP contribution in [0.1, 0.15) is 37.5 Å². The Labute approximate surface area is 120 Å². The molecule has 0 heterocycles. The van der Waals surface area contributed by atoms with E-state index in [1.54, 1.807) is 0 Å². The minimum absolute atomic E-state index is 0.131. The van der Waals surface area contributed by atoms with Gasteiger partial charge in [-0.2, -0.15) is 0 Å². The highest BCUT2D eigenvalue weighted by Gasteiger charge is 2.61. The molecule has 0 aromatic heterocycles. The molecule has 2 aromatic rings. The van der Waals surface area contributed by atoms with Crippen LogP contribution in [0.4, 0.5) is 0 Å². The molecule has 0 bridgehead atoms. The Morgan fingerprint density at radius 2 is 1.20 bits per heavy atom. The monoisotopic (exact) mass is 266 g/mol. The normalized spacial score (nSPS) is 26.2. The highest BCUT2D eigenvalue weighted by molar-refractivity contribution is 5.54. The van der Waals surface area contributed by atoms with Gasteiger partial charge in [-0.1, -0.05) is 75.4 Å². The Bertz CT molecular complexity index is 606. The standard InChI is InChI=1S/C18H22N2/c1-16(2)14-11-7-8-12-15(14)18(19,20)17(16,3)13-9-5-4-6-10-13/h4-12H,19-20H2,1-3H3. The van der Waals surface area contributed by atoms with Gasteiger partial charge >= 0.3 is 0 Å². The summed E-state index contributed by atoms with van der Waals surface area (Å²) < 4.78 is 0. The van der Waals surface area contributed by atoms with Crippen molar-refractivity contribution in [3.05, 3.63) is 71.3 Å². The van der Waals surface area contributed by atoms with Crippen LogP contribution in [0, 0.1) is 0 Å². The first-order chi connectivity index (χ1) is 9.33. The van der Waals surface area contributed by atoms with E-state index in [1.165, 1.54) is 11.1 Å². The largest absolute Gasteiger partial charge is 0.309 e. The van der Waals surface area contributed by atoms with Gasteiger partial charge < -0.3 is 11.5 Å². The van der Waals surface area contributed by atoms with Crippen LogP contribution >= 0.6 is 0 Å². The highest BCUT2D eigenvalue weighted by atomic mass is 15.0. The van der Waals surface area contributed by atoms with Gasteiger partial charge in [0.15, 0.2) is 0 Å². The van der Waals surface area contributed by atoms with Crippen molar-refractivity contribution in [1.82, 2.24) is 0 Å². The first-order valence-electron chi connectivity index (χ1n) is 7.07. The van der Waals surface area contributed by atoms with Crippen LogP contribution in [0.3, 0.4) is 0 Å². The van der Waals surface area contributed by atoms with E-state index < -0.39 is 5.66 Å². The minimum atomic E-state index is -0.881.